The van der Waals surface area contributed by atoms with E-state index in [9.17, 15) is 4.79 Å². The zero-order valence-electron chi connectivity index (χ0n) is 18.5. The Hall–Kier alpha value is -3.61. The second-order valence-corrected chi connectivity index (χ2v) is 7.85. The number of likely N-dealkylation sites (tertiary alicyclic amines) is 1. The van der Waals surface area contributed by atoms with Gasteiger partial charge in [-0.15, -0.1) is 0 Å². The topological polar surface area (TPSA) is 90.6 Å². The fourth-order valence-corrected chi connectivity index (χ4v) is 4.19. The number of hydrogen-bond acceptors (Lipinski definition) is 6. The van der Waals surface area contributed by atoms with Crippen LogP contribution >= 0.6 is 0 Å². The van der Waals surface area contributed by atoms with Gasteiger partial charge in [-0.25, -0.2) is 9.97 Å². The summed E-state index contributed by atoms with van der Waals surface area (Å²) in [4.78, 5) is 23.9. The van der Waals surface area contributed by atoms with E-state index in [0.29, 0.717) is 12.8 Å². The molecule has 0 radical (unpaired) electrons. The van der Waals surface area contributed by atoms with E-state index in [0.717, 1.165) is 53.3 Å². The summed E-state index contributed by atoms with van der Waals surface area (Å²) < 4.78 is 10.5. The van der Waals surface area contributed by atoms with Crippen molar-refractivity contribution in [2.75, 3.05) is 26.5 Å². The number of amides is 1. The summed E-state index contributed by atoms with van der Waals surface area (Å²) in [6.07, 6.45) is 4.67. The Morgan fingerprint density at radius 1 is 1.06 bits per heavy atom. The number of nitrogen functional groups attached to an aromatic ring is 1. The van der Waals surface area contributed by atoms with Crippen LogP contribution in [0, 0.1) is 0 Å². The fourth-order valence-electron chi connectivity index (χ4n) is 4.19. The fraction of sp³-hybridized carbons (Fsp3) is 0.320. The maximum absolute atomic E-state index is 13.2. The third-order valence-corrected chi connectivity index (χ3v) is 5.91. The van der Waals surface area contributed by atoms with Gasteiger partial charge in [-0.1, -0.05) is 24.3 Å². The van der Waals surface area contributed by atoms with E-state index in [4.69, 9.17) is 15.2 Å². The Balaban J connectivity index is 1.54. The van der Waals surface area contributed by atoms with E-state index in [1.165, 1.54) is 0 Å². The second-order valence-electron chi connectivity index (χ2n) is 7.85. The molecule has 7 nitrogen and oxygen atoms in total. The van der Waals surface area contributed by atoms with E-state index in [2.05, 4.69) is 9.97 Å². The van der Waals surface area contributed by atoms with Crippen LogP contribution in [0.15, 0.2) is 54.7 Å². The van der Waals surface area contributed by atoms with Gasteiger partial charge in [-0.2, -0.15) is 0 Å². The number of nitrogens with two attached hydrogens (primary N) is 1. The van der Waals surface area contributed by atoms with Crippen molar-refractivity contribution < 1.29 is 14.3 Å². The molecule has 7 heteroatoms. The first-order valence-corrected chi connectivity index (χ1v) is 10.8. The Kier molecular flexibility index (Phi) is 6.54. The lowest BCUT2D eigenvalue weighted by Crippen LogP contribution is -2.31. The molecule has 3 aromatic rings. The van der Waals surface area contributed by atoms with Gasteiger partial charge in [0.25, 0.3) is 0 Å². The number of methoxy groups -OCH3 is 2. The summed E-state index contributed by atoms with van der Waals surface area (Å²) in [6.45, 7) is 0.720. The zero-order valence-corrected chi connectivity index (χ0v) is 18.5. The lowest BCUT2D eigenvalue weighted by molar-refractivity contribution is -0.132. The molecule has 2 N–H and O–H groups in total. The van der Waals surface area contributed by atoms with Crippen molar-refractivity contribution in [2.24, 2.45) is 0 Å². The van der Waals surface area contributed by atoms with E-state index < -0.39 is 0 Å². The molecule has 1 saturated heterocycles. The maximum Gasteiger partial charge on any atom is 0.223 e. The maximum atomic E-state index is 13.2. The molecule has 0 spiro atoms. The summed E-state index contributed by atoms with van der Waals surface area (Å²) in [6, 6.07) is 15.5. The number of aryl methyl sites for hydroxylation is 1. The highest BCUT2D eigenvalue weighted by Crippen LogP contribution is 2.37. The SMILES string of the molecule is COc1ccc(CCC(=O)N2CCC[C@H]2c2nc(N)ncc2-c2ccc(OC)cc2)cc1. The summed E-state index contributed by atoms with van der Waals surface area (Å²) in [5.74, 6) is 1.94. The van der Waals surface area contributed by atoms with Gasteiger partial charge in [-0.05, 0) is 54.7 Å². The van der Waals surface area contributed by atoms with E-state index >= 15 is 0 Å². The van der Waals surface area contributed by atoms with Crippen LogP contribution in [0.4, 0.5) is 5.95 Å². The van der Waals surface area contributed by atoms with Crippen LogP contribution in [0.5, 0.6) is 11.5 Å². The predicted octanol–water partition coefficient (Wildman–Crippen LogP) is 4.04. The first kappa shape index (κ1) is 21.6. The molecule has 1 aliphatic heterocycles. The molecule has 2 heterocycles. The highest BCUT2D eigenvalue weighted by Gasteiger charge is 2.32. The minimum absolute atomic E-state index is 0.110. The van der Waals surface area contributed by atoms with E-state index in [-0.39, 0.29) is 17.9 Å². The largest absolute Gasteiger partial charge is 0.497 e. The lowest BCUT2D eigenvalue weighted by Gasteiger charge is -2.26. The van der Waals surface area contributed by atoms with Gasteiger partial charge < -0.3 is 20.1 Å². The highest BCUT2D eigenvalue weighted by atomic mass is 16.5. The average Bonchev–Trinajstić information content (AvgIpc) is 3.33. The number of carbonyl (C=O) groups excluding carboxylic acids is 1. The molecule has 166 valence electrons. The summed E-state index contributed by atoms with van der Waals surface area (Å²) in [7, 11) is 3.28. The Bertz CT molecular complexity index is 1070. The molecule has 0 bridgehead atoms. The van der Waals surface area contributed by atoms with Gasteiger partial charge in [0.15, 0.2) is 0 Å². The van der Waals surface area contributed by atoms with E-state index in [1.807, 2.05) is 53.4 Å². The molecule has 4 rings (SSSR count). The van der Waals surface area contributed by atoms with Gasteiger partial charge in [0.2, 0.25) is 11.9 Å². The summed E-state index contributed by atoms with van der Waals surface area (Å²) >= 11 is 0. The smallest absolute Gasteiger partial charge is 0.223 e. The number of aromatic nitrogens is 2. The lowest BCUT2D eigenvalue weighted by atomic mass is 9.99. The second kappa shape index (κ2) is 9.68. The van der Waals surface area contributed by atoms with Gasteiger partial charge in [0.1, 0.15) is 11.5 Å². The molecular formula is C25H28N4O3. The third kappa shape index (κ3) is 4.66. The van der Waals surface area contributed by atoms with Crippen molar-refractivity contribution >= 4 is 11.9 Å². The average molecular weight is 433 g/mol. The molecule has 1 aromatic heterocycles. The Labute approximate surface area is 188 Å². The molecule has 32 heavy (non-hydrogen) atoms. The molecule has 1 aliphatic rings. The third-order valence-electron chi connectivity index (χ3n) is 5.91. The number of nitrogens with zero attached hydrogens (tertiary/aromatic N) is 3. The monoisotopic (exact) mass is 432 g/mol. The van der Waals surface area contributed by atoms with Crippen LogP contribution in [-0.2, 0) is 11.2 Å². The van der Waals surface area contributed by atoms with Crippen LogP contribution in [0.1, 0.15) is 36.6 Å². The molecule has 2 aromatic carbocycles. The van der Waals surface area contributed by atoms with Gasteiger partial charge in [0, 0.05) is 24.7 Å². The quantitative estimate of drug-likeness (QED) is 0.606. The van der Waals surface area contributed by atoms with Crippen LogP contribution in [0.25, 0.3) is 11.1 Å². The van der Waals surface area contributed by atoms with E-state index in [1.54, 1.807) is 20.4 Å². The van der Waals surface area contributed by atoms with Crippen molar-refractivity contribution in [3.63, 3.8) is 0 Å². The van der Waals surface area contributed by atoms with Crippen LogP contribution in [0.3, 0.4) is 0 Å². The zero-order chi connectivity index (χ0) is 22.5. The molecule has 1 amide bonds. The molecule has 0 unspecified atom stereocenters. The van der Waals surface area contributed by atoms with Crippen LogP contribution in [0.2, 0.25) is 0 Å². The number of carbonyl (C=O) groups is 1. The van der Waals surface area contributed by atoms with Crippen LogP contribution in [-0.4, -0.2) is 41.5 Å². The van der Waals surface area contributed by atoms with Crippen molar-refractivity contribution in [1.82, 2.24) is 14.9 Å². The Morgan fingerprint density at radius 3 is 2.38 bits per heavy atom. The minimum atomic E-state index is -0.110. The predicted molar refractivity (Wildman–Crippen MR) is 123 cm³/mol. The van der Waals surface area contributed by atoms with Crippen molar-refractivity contribution in [1.29, 1.82) is 0 Å². The van der Waals surface area contributed by atoms with Crippen LogP contribution < -0.4 is 15.2 Å². The first-order valence-electron chi connectivity index (χ1n) is 10.8. The van der Waals surface area contributed by atoms with Gasteiger partial charge in [0.05, 0.1) is 26.0 Å². The number of rotatable bonds is 7. The van der Waals surface area contributed by atoms with Crippen molar-refractivity contribution in [3.05, 3.63) is 66.0 Å². The standard InChI is InChI=1S/C25H28N4O3/c1-31-19-10-5-17(6-11-19)7-14-23(30)29-15-3-4-22(29)24-21(16-27-25(26)28-24)18-8-12-20(32-2)13-9-18/h5-6,8-13,16,22H,3-4,7,14-15H2,1-2H3,(H2,26,27,28)/t22-/m0/s1. The normalized spacial score (nSPS) is 15.6. The van der Waals surface area contributed by atoms with Crippen molar-refractivity contribution in [2.45, 2.75) is 31.7 Å². The minimum Gasteiger partial charge on any atom is -0.497 e. The van der Waals surface area contributed by atoms with Gasteiger partial charge in [-0.3, -0.25) is 4.79 Å². The van der Waals surface area contributed by atoms with Crippen molar-refractivity contribution in [3.8, 4) is 22.6 Å². The number of benzene rings is 2. The highest BCUT2D eigenvalue weighted by molar-refractivity contribution is 5.78. The molecule has 0 aliphatic carbocycles. The number of hydrogen-bond donors (Lipinski definition) is 1. The molecule has 0 saturated carbocycles. The first-order chi connectivity index (χ1) is 15.6. The number of anilines is 1. The summed E-state index contributed by atoms with van der Waals surface area (Å²) in [5, 5.41) is 0. The summed E-state index contributed by atoms with van der Waals surface area (Å²) in [5.41, 5.74) is 9.72. The number of ether oxygens (including phenoxy) is 2. The molecule has 1 fully saturated rings. The van der Waals surface area contributed by atoms with Gasteiger partial charge >= 0.3 is 0 Å². The molecular weight excluding hydrogens is 404 g/mol. The Morgan fingerprint density at radius 2 is 1.72 bits per heavy atom. The molecule has 1 atom stereocenters.